The number of carboxylic acid groups (broad SMARTS) is 1. The van der Waals surface area contributed by atoms with Crippen LogP contribution < -0.4 is 5.73 Å². The lowest BCUT2D eigenvalue weighted by atomic mass is 10.2. The number of nitrogens with two attached hydrogens (primary N) is 1. The maximum absolute atomic E-state index is 10.0. The number of methoxy groups -OCH3 is 2. The molecule has 0 amide bonds. The van der Waals surface area contributed by atoms with E-state index >= 15 is 0 Å². The van der Waals surface area contributed by atoms with E-state index in [0.29, 0.717) is 35.2 Å². The summed E-state index contributed by atoms with van der Waals surface area (Å²) < 4.78 is 15.1. The molecular weight excluding hydrogens is 640 g/mol. The largest absolute Gasteiger partial charge is 0.479 e. The van der Waals surface area contributed by atoms with Crippen molar-refractivity contribution >= 4 is 11.8 Å². The summed E-state index contributed by atoms with van der Waals surface area (Å²) in [4.78, 5) is 31.0. The Morgan fingerprint density at radius 1 is 0.840 bits per heavy atom. The Bertz CT molecular complexity index is 1900. The fourth-order valence-electron chi connectivity index (χ4n) is 3.77. The summed E-state index contributed by atoms with van der Waals surface area (Å²) in [6.07, 6.45) is 7.08. The lowest BCUT2D eigenvalue weighted by Crippen LogP contribution is -2.20. The van der Waals surface area contributed by atoms with E-state index in [9.17, 15) is 4.79 Å². The zero-order chi connectivity index (χ0) is 36.1. The fraction of sp³-hybridized carbons (Fsp3) is 0.222. The van der Waals surface area contributed by atoms with Crippen LogP contribution in [-0.4, -0.2) is 72.5 Å². The zero-order valence-electron chi connectivity index (χ0n) is 27.9. The lowest BCUT2D eigenvalue weighted by molar-refractivity contribution is -0.148. The molecule has 0 aliphatic rings. The molecule has 5 heterocycles. The summed E-state index contributed by atoms with van der Waals surface area (Å²) in [5, 5.41) is 23.6. The number of hydrogen-bond acceptors (Lipinski definition) is 12. The van der Waals surface area contributed by atoms with Crippen LogP contribution in [0.4, 0.5) is 0 Å². The van der Waals surface area contributed by atoms with Gasteiger partial charge >= 0.3 is 5.97 Å². The molecule has 256 valence electrons. The molecule has 5 aromatic heterocycles. The van der Waals surface area contributed by atoms with Gasteiger partial charge in [0.2, 0.25) is 5.82 Å². The van der Waals surface area contributed by atoms with E-state index in [1.54, 1.807) is 51.0 Å². The summed E-state index contributed by atoms with van der Waals surface area (Å²) in [5.41, 5.74) is 9.36. The van der Waals surface area contributed by atoms with Crippen LogP contribution in [0.3, 0.4) is 0 Å². The number of aromatic nitrogens is 6. The Labute approximate surface area is 289 Å². The number of ether oxygens (including phenoxy) is 2. The molecule has 0 radical (unpaired) electrons. The summed E-state index contributed by atoms with van der Waals surface area (Å²) in [6, 6.07) is 18.2. The van der Waals surface area contributed by atoms with Crippen molar-refractivity contribution in [1.82, 2.24) is 30.1 Å². The maximum Gasteiger partial charge on any atom is 0.332 e. The van der Waals surface area contributed by atoms with Crippen molar-refractivity contribution in [2.75, 3.05) is 14.2 Å². The minimum Gasteiger partial charge on any atom is -0.479 e. The highest BCUT2D eigenvalue weighted by molar-refractivity contribution is 5.95. The van der Waals surface area contributed by atoms with Gasteiger partial charge < -0.3 is 30.0 Å². The molecule has 50 heavy (non-hydrogen) atoms. The first-order valence-corrected chi connectivity index (χ1v) is 15.2. The van der Waals surface area contributed by atoms with E-state index in [0.717, 1.165) is 23.2 Å². The third kappa shape index (κ3) is 12.3. The number of nitrogens with zero attached hydrogens (tertiary/aromatic N) is 7. The summed E-state index contributed by atoms with van der Waals surface area (Å²) in [7, 11) is 3.01. The number of oxime groups is 1. The van der Waals surface area contributed by atoms with Crippen molar-refractivity contribution in [3.05, 3.63) is 120 Å². The smallest absolute Gasteiger partial charge is 0.332 e. The first-order chi connectivity index (χ1) is 24.3. The molecule has 14 heteroatoms. The lowest BCUT2D eigenvalue weighted by Gasteiger charge is -2.05. The van der Waals surface area contributed by atoms with Crippen LogP contribution in [0.1, 0.15) is 66.9 Å². The van der Waals surface area contributed by atoms with Crippen molar-refractivity contribution < 1.29 is 29.1 Å². The number of rotatable bonds is 8. The Morgan fingerprint density at radius 2 is 1.46 bits per heavy atom. The normalized spacial score (nSPS) is 11.5. The third-order valence-corrected chi connectivity index (χ3v) is 6.43. The molecule has 0 fully saturated rings. The predicted octanol–water partition coefficient (Wildman–Crippen LogP) is 4.49. The second-order valence-corrected chi connectivity index (χ2v) is 9.84. The summed E-state index contributed by atoms with van der Waals surface area (Å²) in [6.45, 7) is 3.76. The predicted molar refractivity (Wildman–Crippen MR) is 183 cm³/mol. The number of hydrogen-bond donors (Lipinski definition) is 3. The van der Waals surface area contributed by atoms with Crippen LogP contribution in [0.5, 0.6) is 0 Å². The van der Waals surface area contributed by atoms with Crippen LogP contribution >= 0.6 is 0 Å². The van der Waals surface area contributed by atoms with Gasteiger partial charge in [-0.25, -0.2) is 14.8 Å². The zero-order valence-corrected chi connectivity index (χ0v) is 27.9. The SMILES string of the molecule is CCC(OC)C(=O)O.CCC(OC)c1nc(-c2ccc(C#Cc3ccccn3)cn2)no1.N/C(=N\O)c1ccc(C#Cc2ccccn2)cn1. The average Bonchev–Trinajstić information content (AvgIpc) is 3.65. The van der Waals surface area contributed by atoms with Gasteiger partial charge in [0.05, 0.1) is 0 Å². The summed E-state index contributed by atoms with van der Waals surface area (Å²) in [5.74, 6) is 11.8. The molecule has 5 rings (SSSR count). The molecule has 0 bridgehead atoms. The van der Waals surface area contributed by atoms with Gasteiger partial charge in [0.15, 0.2) is 11.9 Å². The molecule has 2 unspecified atom stereocenters. The molecule has 0 aliphatic heterocycles. The Morgan fingerprint density at radius 3 is 1.86 bits per heavy atom. The van der Waals surface area contributed by atoms with Gasteiger partial charge in [0.25, 0.3) is 5.89 Å². The second-order valence-electron chi connectivity index (χ2n) is 9.84. The fourth-order valence-corrected chi connectivity index (χ4v) is 3.77. The molecule has 0 saturated heterocycles. The molecule has 0 spiro atoms. The van der Waals surface area contributed by atoms with Gasteiger partial charge in [0.1, 0.15) is 28.9 Å². The Balaban J connectivity index is 0.000000229. The topological polar surface area (TPSA) is 205 Å². The average molecular weight is 677 g/mol. The van der Waals surface area contributed by atoms with Crippen LogP contribution in [0, 0.1) is 23.7 Å². The number of amidine groups is 1. The van der Waals surface area contributed by atoms with E-state index in [4.69, 9.17) is 25.3 Å². The first kappa shape index (κ1) is 38.0. The molecular formula is C36H36N8O6. The number of carboxylic acids is 1. The number of carbonyl (C=O) groups is 1. The quantitative estimate of drug-likeness (QED) is 0.0682. The maximum atomic E-state index is 10.0. The van der Waals surface area contributed by atoms with Crippen LogP contribution in [0.25, 0.3) is 11.5 Å². The standard InChI is InChI=1S/C18H16N4O2.C13H10N4O.C5H10O3/c1-3-16(23-2)18-21-17(22-24-18)15-10-8-13(12-20-15)7-9-14-6-4-5-11-19-14;14-13(17-18)12-7-5-10(9-16-12)4-6-11-3-1-2-8-15-11;1-3-4(8-2)5(6)7/h4-6,8,10-12,16H,3H2,1-2H3;1-3,5,7-9,18H,(H2,14,17);4H,3H2,1-2H3,(H,6,7). The Hall–Kier alpha value is -6.48. The molecule has 0 saturated carbocycles. The second kappa shape index (κ2) is 20.7. The number of pyridine rings is 4. The highest BCUT2D eigenvalue weighted by Gasteiger charge is 2.17. The summed E-state index contributed by atoms with van der Waals surface area (Å²) >= 11 is 0. The van der Waals surface area contributed by atoms with Crippen molar-refractivity contribution in [1.29, 1.82) is 0 Å². The highest BCUT2D eigenvalue weighted by atomic mass is 16.5. The molecule has 4 N–H and O–H groups in total. The minimum absolute atomic E-state index is 0.0285. The number of aliphatic carboxylic acids is 1. The molecule has 14 nitrogen and oxygen atoms in total. The van der Waals surface area contributed by atoms with Gasteiger partial charge in [-0.1, -0.05) is 48.1 Å². The van der Waals surface area contributed by atoms with Crippen molar-refractivity contribution in [3.8, 4) is 35.2 Å². The van der Waals surface area contributed by atoms with E-state index in [-0.39, 0.29) is 11.9 Å². The highest BCUT2D eigenvalue weighted by Crippen LogP contribution is 2.21. The van der Waals surface area contributed by atoms with Crippen LogP contribution in [-0.2, 0) is 14.3 Å². The van der Waals surface area contributed by atoms with E-state index in [1.807, 2.05) is 55.5 Å². The van der Waals surface area contributed by atoms with Crippen LogP contribution in [0.15, 0.2) is 95.1 Å². The van der Waals surface area contributed by atoms with Crippen LogP contribution in [0.2, 0.25) is 0 Å². The van der Waals surface area contributed by atoms with E-state index < -0.39 is 12.1 Å². The van der Waals surface area contributed by atoms with Gasteiger partial charge in [0, 0.05) is 50.1 Å². The Kier molecular flexibility index (Phi) is 15.7. The van der Waals surface area contributed by atoms with Crippen molar-refractivity contribution in [3.63, 3.8) is 0 Å². The van der Waals surface area contributed by atoms with Gasteiger partial charge in [-0.3, -0.25) is 9.97 Å². The van der Waals surface area contributed by atoms with E-state index in [1.165, 1.54) is 7.11 Å². The van der Waals surface area contributed by atoms with E-state index in [2.05, 4.69) is 63.7 Å². The molecule has 5 aromatic rings. The third-order valence-electron chi connectivity index (χ3n) is 6.43. The van der Waals surface area contributed by atoms with Gasteiger partial charge in [-0.05, 0) is 73.2 Å². The van der Waals surface area contributed by atoms with Crippen molar-refractivity contribution in [2.24, 2.45) is 10.9 Å². The monoisotopic (exact) mass is 676 g/mol. The van der Waals surface area contributed by atoms with Gasteiger partial charge in [-0.2, -0.15) is 4.98 Å². The molecule has 0 aliphatic carbocycles. The first-order valence-electron chi connectivity index (χ1n) is 15.2. The molecule has 2 atom stereocenters. The van der Waals surface area contributed by atoms with Gasteiger partial charge in [-0.15, -0.1) is 0 Å². The molecule has 0 aromatic carbocycles. The van der Waals surface area contributed by atoms with Crippen molar-refractivity contribution in [2.45, 2.75) is 38.9 Å². The minimum atomic E-state index is -0.894.